The highest BCUT2D eigenvalue weighted by Gasteiger charge is 2.20. The van der Waals surface area contributed by atoms with Crippen molar-refractivity contribution < 1.29 is 5.11 Å². The number of nitrogens with one attached hydrogen (secondary N) is 1. The molecule has 2 N–H and O–H groups in total. The molecule has 1 aromatic rings. The molecule has 0 bridgehead atoms. The third-order valence-corrected chi connectivity index (χ3v) is 3.90. The Bertz CT molecular complexity index is 382. The molecule has 2 unspecified atom stereocenters. The molecule has 1 saturated heterocycles. The average Bonchev–Trinajstić information content (AvgIpc) is 2.71. The van der Waals surface area contributed by atoms with E-state index in [1.165, 1.54) is 25.0 Å². The number of imidazole rings is 1. The molecule has 3 rings (SSSR count). The Kier molecular flexibility index (Phi) is 3.16. The van der Waals surface area contributed by atoms with E-state index in [-0.39, 0.29) is 6.10 Å². The third kappa shape index (κ3) is 2.53. The van der Waals surface area contributed by atoms with Crippen LogP contribution in [0.5, 0.6) is 0 Å². The van der Waals surface area contributed by atoms with E-state index in [9.17, 15) is 5.11 Å². The second-order valence-electron chi connectivity index (χ2n) is 5.34. The van der Waals surface area contributed by atoms with E-state index in [4.69, 9.17) is 0 Å². The number of hydrogen-bond acceptors (Lipinski definition) is 3. The van der Waals surface area contributed by atoms with Gasteiger partial charge in [0.25, 0.3) is 0 Å². The topological polar surface area (TPSA) is 50.1 Å². The van der Waals surface area contributed by atoms with E-state index in [2.05, 4.69) is 21.1 Å². The molecule has 0 radical (unpaired) electrons. The number of aliphatic hydroxyl groups excluding tert-OH is 1. The van der Waals surface area contributed by atoms with E-state index in [0.29, 0.717) is 6.04 Å². The van der Waals surface area contributed by atoms with Crippen LogP contribution < -0.4 is 5.32 Å². The second-order valence-corrected chi connectivity index (χ2v) is 5.34. The first-order valence-corrected chi connectivity index (χ1v) is 6.77. The maximum absolute atomic E-state index is 9.62. The summed E-state index contributed by atoms with van der Waals surface area (Å²) in [5.74, 6) is 1.06. The Morgan fingerprint density at radius 2 is 2.35 bits per heavy atom. The fourth-order valence-corrected chi connectivity index (χ4v) is 2.92. The number of rotatable bonds is 2. The lowest BCUT2D eigenvalue weighted by atomic mass is 10.0. The maximum atomic E-state index is 9.62. The molecule has 0 spiro atoms. The quantitative estimate of drug-likeness (QED) is 0.800. The molecule has 0 aliphatic carbocycles. The van der Waals surface area contributed by atoms with Crippen LogP contribution in [-0.2, 0) is 19.4 Å². The minimum atomic E-state index is -0.189. The summed E-state index contributed by atoms with van der Waals surface area (Å²) in [6.45, 7) is 2.07. The number of aromatic nitrogens is 2. The Morgan fingerprint density at radius 3 is 3.18 bits per heavy atom. The maximum Gasteiger partial charge on any atom is 0.111 e. The van der Waals surface area contributed by atoms with Crippen molar-refractivity contribution in [2.45, 2.75) is 57.2 Å². The Morgan fingerprint density at radius 1 is 1.41 bits per heavy atom. The highest BCUT2D eigenvalue weighted by Crippen LogP contribution is 2.17. The first kappa shape index (κ1) is 11.2. The van der Waals surface area contributed by atoms with Crippen LogP contribution in [0.3, 0.4) is 0 Å². The largest absolute Gasteiger partial charge is 0.393 e. The zero-order valence-electron chi connectivity index (χ0n) is 10.2. The summed E-state index contributed by atoms with van der Waals surface area (Å²) in [5.41, 5.74) is 1.19. The molecule has 0 aromatic carbocycles. The van der Waals surface area contributed by atoms with Crippen molar-refractivity contribution in [3.8, 4) is 0 Å². The van der Waals surface area contributed by atoms with Crippen molar-refractivity contribution in [2.24, 2.45) is 0 Å². The molecule has 1 aromatic heterocycles. The van der Waals surface area contributed by atoms with Crippen LogP contribution in [0.1, 0.15) is 37.2 Å². The highest BCUT2D eigenvalue weighted by atomic mass is 16.3. The van der Waals surface area contributed by atoms with Crippen LogP contribution in [0.2, 0.25) is 0 Å². The molecular formula is C13H21N3O. The van der Waals surface area contributed by atoms with Crippen LogP contribution >= 0.6 is 0 Å². The predicted molar refractivity (Wildman–Crippen MR) is 65.9 cm³/mol. The van der Waals surface area contributed by atoms with Gasteiger partial charge in [0.2, 0.25) is 0 Å². The molecule has 94 valence electrons. The first-order valence-electron chi connectivity index (χ1n) is 6.77. The van der Waals surface area contributed by atoms with Crippen molar-refractivity contribution in [1.82, 2.24) is 14.9 Å². The van der Waals surface area contributed by atoms with Crippen molar-refractivity contribution in [3.63, 3.8) is 0 Å². The molecule has 1 fully saturated rings. The minimum absolute atomic E-state index is 0.189. The summed E-state index contributed by atoms with van der Waals surface area (Å²) >= 11 is 0. The van der Waals surface area contributed by atoms with Crippen molar-refractivity contribution in [2.75, 3.05) is 6.54 Å². The van der Waals surface area contributed by atoms with E-state index in [1.807, 2.05) is 0 Å². The fourth-order valence-electron chi connectivity index (χ4n) is 2.92. The summed E-state index contributed by atoms with van der Waals surface area (Å²) in [6.07, 6.45) is 8.53. The Hall–Kier alpha value is -0.870. The number of aryl methyl sites for hydroxylation is 1. The average molecular weight is 235 g/mol. The molecule has 3 heterocycles. The van der Waals surface area contributed by atoms with E-state index >= 15 is 0 Å². The smallest absolute Gasteiger partial charge is 0.111 e. The van der Waals surface area contributed by atoms with Crippen LogP contribution in [0.15, 0.2) is 6.20 Å². The summed E-state index contributed by atoms with van der Waals surface area (Å²) in [5, 5.41) is 13.2. The van der Waals surface area contributed by atoms with E-state index < -0.39 is 0 Å². The summed E-state index contributed by atoms with van der Waals surface area (Å²) < 4.78 is 2.21. The summed E-state index contributed by atoms with van der Waals surface area (Å²) in [4.78, 5) is 4.66. The lowest BCUT2D eigenvalue weighted by Gasteiger charge is -2.22. The fraction of sp³-hybridized carbons (Fsp3) is 0.769. The molecule has 2 aliphatic heterocycles. The van der Waals surface area contributed by atoms with Gasteiger partial charge in [-0.3, -0.25) is 0 Å². The van der Waals surface area contributed by atoms with Gasteiger partial charge in [-0.15, -0.1) is 0 Å². The number of nitrogens with zero attached hydrogens (tertiary/aromatic N) is 2. The van der Waals surface area contributed by atoms with Gasteiger partial charge >= 0.3 is 0 Å². The summed E-state index contributed by atoms with van der Waals surface area (Å²) in [7, 11) is 0. The lowest BCUT2D eigenvalue weighted by molar-refractivity contribution is 0.141. The van der Waals surface area contributed by atoms with Crippen molar-refractivity contribution in [3.05, 3.63) is 17.7 Å². The Labute approximate surface area is 102 Å². The van der Waals surface area contributed by atoms with Gasteiger partial charge in [0.1, 0.15) is 5.82 Å². The normalized spacial score (nSPS) is 29.0. The van der Waals surface area contributed by atoms with Gasteiger partial charge in [-0.05, 0) is 25.8 Å². The molecule has 2 aliphatic rings. The first-order chi connectivity index (χ1) is 8.31. The van der Waals surface area contributed by atoms with Gasteiger partial charge in [-0.1, -0.05) is 6.42 Å². The van der Waals surface area contributed by atoms with Gasteiger partial charge in [-0.25, -0.2) is 4.98 Å². The van der Waals surface area contributed by atoms with Crippen LogP contribution in [-0.4, -0.2) is 33.3 Å². The summed E-state index contributed by atoms with van der Waals surface area (Å²) in [6, 6.07) is 0.602. The SMILES string of the molecule is OC1CCn2cc(CC3CCCCN3)nc2C1. The second kappa shape index (κ2) is 4.78. The van der Waals surface area contributed by atoms with Crippen LogP contribution in [0, 0.1) is 0 Å². The van der Waals surface area contributed by atoms with Gasteiger partial charge in [0.05, 0.1) is 11.8 Å². The molecule has 4 nitrogen and oxygen atoms in total. The van der Waals surface area contributed by atoms with E-state index in [0.717, 1.165) is 38.2 Å². The Balaban J connectivity index is 1.67. The van der Waals surface area contributed by atoms with E-state index in [1.54, 1.807) is 0 Å². The van der Waals surface area contributed by atoms with Crippen molar-refractivity contribution in [1.29, 1.82) is 0 Å². The predicted octanol–water partition coefficient (Wildman–Crippen LogP) is 0.875. The molecule has 0 amide bonds. The van der Waals surface area contributed by atoms with Crippen LogP contribution in [0.4, 0.5) is 0 Å². The molecule has 4 heteroatoms. The highest BCUT2D eigenvalue weighted by molar-refractivity contribution is 5.09. The standard InChI is InChI=1S/C13H21N3O/c17-12-4-6-16-9-11(15-13(16)8-12)7-10-3-1-2-5-14-10/h9-10,12,14,17H,1-8H2. The number of aliphatic hydroxyl groups is 1. The van der Waals surface area contributed by atoms with Crippen molar-refractivity contribution >= 4 is 0 Å². The lowest BCUT2D eigenvalue weighted by Crippen LogP contribution is -2.35. The number of piperidine rings is 1. The van der Waals surface area contributed by atoms with Gasteiger partial charge in [-0.2, -0.15) is 0 Å². The number of fused-ring (bicyclic) bond motifs is 1. The monoisotopic (exact) mass is 235 g/mol. The molecule has 17 heavy (non-hydrogen) atoms. The zero-order valence-corrected chi connectivity index (χ0v) is 10.2. The number of hydrogen-bond donors (Lipinski definition) is 2. The molecule has 2 atom stereocenters. The van der Waals surface area contributed by atoms with Gasteiger partial charge < -0.3 is 15.0 Å². The van der Waals surface area contributed by atoms with Gasteiger partial charge in [0.15, 0.2) is 0 Å². The zero-order chi connectivity index (χ0) is 11.7. The molecule has 0 saturated carbocycles. The third-order valence-electron chi connectivity index (χ3n) is 3.90. The molecular weight excluding hydrogens is 214 g/mol. The van der Waals surface area contributed by atoms with Gasteiger partial charge in [0, 0.05) is 31.6 Å². The van der Waals surface area contributed by atoms with Crippen LogP contribution in [0.25, 0.3) is 0 Å². The minimum Gasteiger partial charge on any atom is -0.393 e.